The van der Waals surface area contributed by atoms with Crippen molar-refractivity contribution in [3.8, 4) is 5.69 Å². The molecular weight excluding hydrogens is 358 g/mol. The van der Waals surface area contributed by atoms with Gasteiger partial charge in [0.25, 0.3) is 0 Å². The highest BCUT2D eigenvalue weighted by atomic mass is 15.2. The van der Waals surface area contributed by atoms with E-state index in [2.05, 4.69) is 61.1 Å². The van der Waals surface area contributed by atoms with Gasteiger partial charge in [-0.05, 0) is 64.7 Å². The molecular formula is C24H29N5. The Bertz CT molecular complexity index is 1130. The molecule has 1 aliphatic rings. The molecule has 0 saturated carbocycles. The molecule has 2 aromatic heterocycles. The molecule has 3 heterocycles. The molecule has 1 atom stereocenters. The summed E-state index contributed by atoms with van der Waals surface area (Å²) in [7, 11) is 0. The topological polar surface area (TPSA) is 38.3 Å². The maximum atomic E-state index is 7.47. The van der Waals surface area contributed by atoms with Gasteiger partial charge in [-0.3, -0.25) is 4.57 Å². The van der Waals surface area contributed by atoms with E-state index >= 15 is 0 Å². The number of benzene rings is 1. The fourth-order valence-corrected chi connectivity index (χ4v) is 4.83. The van der Waals surface area contributed by atoms with Crippen LogP contribution < -0.4 is 4.90 Å². The van der Waals surface area contributed by atoms with E-state index in [-0.39, 0.29) is 6.04 Å². The number of aromatic nitrogens is 3. The minimum atomic E-state index is 0.0548. The third kappa shape index (κ3) is 3.17. The molecule has 5 nitrogen and oxygen atoms in total. The fraction of sp³-hybridized carbons (Fsp3) is 0.458. The van der Waals surface area contributed by atoms with Gasteiger partial charge in [0.1, 0.15) is 11.6 Å². The normalized spacial score (nSPS) is 17.0. The van der Waals surface area contributed by atoms with Crippen LogP contribution in [0, 0.1) is 48.1 Å². The third-order valence-electron chi connectivity index (χ3n) is 6.19. The number of hydrogen-bond donors (Lipinski definition) is 0. The van der Waals surface area contributed by atoms with Crippen molar-refractivity contribution in [1.82, 2.24) is 14.5 Å². The average Bonchev–Trinajstić information content (AvgIpc) is 2.91. The highest BCUT2D eigenvalue weighted by molar-refractivity contribution is 5.94. The zero-order chi connectivity index (χ0) is 20.9. The summed E-state index contributed by atoms with van der Waals surface area (Å²) in [6.45, 7) is 22.0. The van der Waals surface area contributed by atoms with Crippen molar-refractivity contribution in [3.63, 3.8) is 0 Å². The summed E-state index contributed by atoms with van der Waals surface area (Å²) in [5, 5.41) is 1.12. The lowest BCUT2D eigenvalue weighted by molar-refractivity contribution is 0.547. The molecule has 3 aromatic rings. The van der Waals surface area contributed by atoms with Crippen LogP contribution in [0.4, 0.5) is 5.82 Å². The summed E-state index contributed by atoms with van der Waals surface area (Å²) >= 11 is 0. The van der Waals surface area contributed by atoms with Gasteiger partial charge >= 0.3 is 0 Å². The minimum absolute atomic E-state index is 0.0548. The first-order valence-electron chi connectivity index (χ1n) is 10.4. The molecule has 0 radical (unpaired) electrons. The molecule has 0 bridgehead atoms. The Morgan fingerprint density at radius 3 is 2.38 bits per heavy atom. The van der Waals surface area contributed by atoms with Gasteiger partial charge in [-0.15, -0.1) is 0 Å². The van der Waals surface area contributed by atoms with E-state index in [1.54, 1.807) is 0 Å². The molecule has 150 valence electrons. The largest absolute Gasteiger partial charge is 0.348 e. The Morgan fingerprint density at radius 1 is 1.03 bits per heavy atom. The molecule has 0 amide bonds. The van der Waals surface area contributed by atoms with Gasteiger partial charge in [-0.2, -0.15) is 0 Å². The van der Waals surface area contributed by atoms with E-state index in [9.17, 15) is 0 Å². The predicted molar refractivity (Wildman–Crippen MR) is 119 cm³/mol. The van der Waals surface area contributed by atoms with Crippen molar-refractivity contribution >= 4 is 16.9 Å². The number of nitrogens with zero attached hydrogens (tertiary/aromatic N) is 5. The zero-order valence-electron chi connectivity index (χ0n) is 18.3. The number of fused-ring (bicyclic) bond motifs is 1. The van der Waals surface area contributed by atoms with E-state index in [0.29, 0.717) is 0 Å². The molecule has 4 rings (SSSR count). The zero-order valence-corrected chi connectivity index (χ0v) is 18.3. The molecule has 1 aromatic carbocycles. The molecule has 1 unspecified atom stereocenters. The van der Waals surface area contributed by atoms with Gasteiger partial charge in [0.2, 0.25) is 6.04 Å². The SMILES string of the molecule is [C-]#[N+]C1CCCN(c2nc(C)nc3c2c(C)c(C)n3-c2c(C)cc(C)cc2C)C1. The molecule has 1 aliphatic heterocycles. The first-order chi connectivity index (χ1) is 13.8. The van der Waals surface area contributed by atoms with Gasteiger partial charge in [0.15, 0.2) is 5.65 Å². The van der Waals surface area contributed by atoms with Crippen LogP contribution in [-0.2, 0) is 0 Å². The summed E-state index contributed by atoms with van der Waals surface area (Å²) in [6.07, 6.45) is 2.01. The lowest BCUT2D eigenvalue weighted by atomic mass is 10.0. The first kappa shape index (κ1) is 19.4. The van der Waals surface area contributed by atoms with Crippen molar-refractivity contribution in [2.75, 3.05) is 18.0 Å². The Labute approximate surface area is 173 Å². The Kier molecular flexibility index (Phi) is 4.82. The Balaban J connectivity index is 2.00. The molecule has 1 fully saturated rings. The van der Waals surface area contributed by atoms with E-state index < -0.39 is 0 Å². The fourth-order valence-electron chi connectivity index (χ4n) is 4.83. The Hall–Kier alpha value is -2.87. The summed E-state index contributed by atoms with van der Waals surface area (Å²) in [5.74, 6) is 1.77. The lowest BCUT2D eigenvalue weighted by Gasteiger charge is -2.29. The second-order valence-corrected chi connectivity index (χ2v) is 8.46. The number of hydrogen-bond acceptors (Lipinski definition) is 3. The van der Waals surface area contributed by atoms with Crippen LogP contribution in [0.5, 0.6) is 0 Å². The maximum absolute atomic E-state index is 7.47. The molecule has 29 heavy (non-hydrogen) atoms. The van der Waals surface area contributed by atoms with Crippen molar-refractivity contribution in [2.45, 2.75) is 60.4 Å². The average molecular weight is 388 g/mol. The smallest absolute Gasteiger partial charge is 0.241 e. The second kappa shape index (κ2) is 7.18. The van der Waals surface area contributed by atoms with Gasteiger partial charge in [-0.1, -0.05) is 17.7 Å². The number of aryl methyl sites for hydroxylation is 5. The van der Waals surface area contributed by atoms with Crippen LogP contribution in [-0.4, -0.2) is 33.7 Å². The highest BCUT2D eigenvalue weighted by Crippen LogP contribution is 2.36. The van der Waals surface area contributed by atoms with E-state index in [1.807, 2.05) is 6.92 Å². The van der Waals surface area contributed by atoms with Crippen LogP contribution in [0.25, 0.3) is 21.6 Å². The van der Waals surface area contributed by atoms with Crippen LogP contribution in [0.2, 0.25) is 0 Å². The van der Waals surface area contributed by atoms with Crippen LogP contribution >= 0.6 is 0 Å². The van der Waals surface area contributed by atoms with Gasteiger partial charge in [-0.25, -0.2) is 16.5 Å². The van der Waals surface area contributed by atoms with Crippen molar-refractivity contribution in [3.05, 3.63) is 57.3 Å². The minimum Gasteiger partial charge on any atom is -0.348 e. The van der Waals surface area contributed by atoms with Crippen molar-refractivity contribution in [2.24, 2.45) is 0 Å². The maximum Gasteiger partial charge on any atom is 0.241 e. The number of anilines is 1. The van der Waals surface area contributed by atoms with E-state index in [4.69, 9.17) is 16.5 Å². The first-order valence-corrected chi connectivity index (χ1v) is 10.4. The quantitative estimate of drug-likeness (QED) is 0.570. The molecule has 0 N–H and O–H groups in total. The van der Waals surface area contributed by atoms with Gasteiger partial charge < -0.3 is 9.74 Å². The predicted octanol–water partition coefficient (Wildman–Crippen LogP) is 5.16. The van der Waals surface area contributed by atoms with Gasteiger partial charge in [0, 0.05) is 18.7 Å². The molecule has 0 spiro atoms. The molecule has 1 saturated heterocycles. The number of rotatable bonds is 2. The van der Waals surface area contributed by atoms with Crippen LogP contribution in [0.15, 0.2) is 12.1 Å². The van der Waals surface area contributed by atoms with Crippen LogP contribution in [0.1, 0.15) is 46.6 Å². The summed E-state index contributed by atoms with van der Waals surface area (Å²) in [5.41, 5.74) is 8.40. The lowest BCUT2D eigenvalue weighted by Crippen LogP contribution is -2.37. The highest BCUT2D eigenvalue weighted by Gasteiger charge is 2.28. The molecule has 0 aliphatic carbocycles. The van der Waals surface area contributed by atoms with Crippen molar-refractivity contribution in [1.29, 1.82) is 0 Å². The van der Waals surface area contributed by atoms with E-state index in [0.717, 1.165) is 48.6 Å². The van der Waals surface area contributed by atoms with Crippen LogP contribution in [0.3, 0.4) is 0 Å². The standard InChI is InChI=1S/C24H29N5/c1-14-11-15(2)22(16(3)12-14)29-18(5)17(4)21-23(26-19(6)27-24(21)29)28-10-8-9-20(13-28)25-7/h11-12,20H,8-10,13H2,1-6H3. The Morgan fingerprint density at radius 2 is 1.72 bits per heavy atom. The molecule has 5 heteroatoms. The summed E-state index contributed by atoms with van der Waals surface area (Å²) in [6, 6.07) is 4.53. The third-order valence-corrected chi connectivity index (χ3v) is 6.19. The summed E-state index contributed by atoms with van der Waals surface area (Å²) in [4.78, 5) is 15.9. The summed E-state index contributed by atoms with van der Waals surface area (Å²) < 4.78 is 2.31. The van der Waals surface area contributed by atoms with E-state index in [1.165, 1.54) is 33.6 Å². The second-order valence-electron chi connectivity index (χ2n) is 8.46. The van der Waals surface area contributed by atoms with Gasteiger partial charge in [0.05, 0.1) is 17.6 Å². The number of piperidine rings is 1. The monoisotopic (exact) mass is 387 g/mol. The van der Waals surface area contributed by atoms with Crippen molar-refractivity contribution < 1.29 is 0 Å².